The van der Waals surface area contributed by atoms with Crippen molar-refractivity contribution in [2.45, 2.75) is 0 Å². The number of ether oxygens (including phenoxy) is 1. The highest BCUT2D eigenvalue weighted by Crippen LogP contribution is 2.55. The summed E-state index contributed by atoms with van der Waals surface area (Å²) < 4.78 is 7.36. The van der Waals surface area contributed by atoms with Gasteiger partial charge in [-0.3, -0.25) is 0 Å². The summed E-state index contributed by atoms with van der Waals surface area (Å²) >= 11 is 0. The first kappa shape index (κ1) is 38.0. The molecule has 0 fully saturated rings. The van der Waals surface area contributed by atoms with Gasteiger partial charge in [0.15, 0.2) is 5.75 Å². The lowest BCUT2D eigenvalue weighted by molar-refractivity contribution is 0.488. The molecule has 0 radical (unpaired) electrons. The molecular formula is C62H42N2O. The molecule has 11 aromatic rings. The Kier molecular flexibility index (Phi) is 9.50. The second-order valence-corrected chi connectivity index (χ2v) is 16.5. The Hall–Kier alpha value is -8.66. The monoisotopic (exact) mass is 830 g/mol. The highest BCUT2D eigenvalue weighted by molar-refractivity contribution is 6.10. The average molecular weight is 831 g/mol. The van der Waals surface area contributed by atoms with Crippen LogP contribution in [0.25, 0.3) is 66.1 Å². The number of rotatable bonds is 9. The van der Waals surface area contributed by atoms with Gasteiger partial charge in [-0.25, -0.2) is 0 Å². The van der Waals surface area contributed by atoms with E-state index in [2.05, 4.69) is 265 Å². The lowest BCUT2D eigenvalue weighted by Gasteiger charge is -2.32. The predicted molar refractivity (Wildman–Crippen MR) is 273 cm³/mol. The third kappa shape index (κ3) is 6.97. The summed E-state index contributed by atoms with van der Waals surface area (Å²) in [5.74, 6) is 1.63. The lowest BCUT2D eigenvalue weighted by Crippen LogP contribution is -2.13. The summed E-state index contributed by atoms with van der Waals surface area (Å²) in [5, 5.41) is 4.57. The molecule has 1 heterocycles. The summed E-state index contributed by atoms with van der Waals surface area (Å²) in [4.78, 5) is 4.69. The fourth-order valence-electron chi connectivity index (χ4n) is 9.46. The molecule has 0 spiro atoms. The summed E-state index contributed by atoms with van der Waals surface area (Å²) in [5.41, 5.74) is 15.5. The Labute approximate surface area is 379 Å². The molecule has 0 N–H and O–H groups in total. The zero-order valence-corrected chi connectivity index (χ0v) is 35.6. The molecule has 0 atom stereocenters. The van der Waals surface area contributed by atoms with Crippen molar-refractivity contribution in [3.8, 4) is 56.0 Å². The SMILES string of the molecule is c1ccc(-c2ccc(N(c3ccc(-c4ccccc4)cc3)c3ccc4c(c3)Oc3c(N(c5ccc(-c6ccccc6)cc5)c5cccc6ccccc56)ccc5cccc-4c35)cc2)cc1. The number of fused-ring (bicyclic) bond motifs is 3. The zero-order chi connectivity index (χ0) is 43.1. The average Bonchev–Trinajstić information content (AvgIpc) is 3.38. The van der Waals surface area contributed by atoms with E-state index in [9.17, 15) is 0 Å². The topological polar surface area (TPSA) is 15.7 Å². The van der Waals surface area contributed by atoms with Gasteiger partial charge in [0.25, 0.3) is 0 Å². The third-order valence-corrected chi connectivity index (χ3v) is 12.6. The molecule has 1 aliphatic heterocycles. The normalized spacial score (nSPS) is 11.5. The van der Waals surface area contributed by atoms with Crippen molar-refractivity contribution in [1.29, 1.82) is 0 Å². The molecule has 0 unspecified atom stereocenters. The highest BCUT2D eigenvalue weighted by Gasteiger charge is 2.28. The highest BCUT2D eigenvalue weighted by atomic mass is 16.5. The van der Waals surface area contributed by atoms with Crippen molar-refractivity contribution in [2.24, 2.45) is 0 Å². The number of benzene rings is 11. The van der Waals surface area contributed by atoms with Gasteiger partial charge < -0.3 is 14.5 Å². The van der Waals surface area contributed by atoms with Gasteiger partial charge in [0.05, 0.1) is 11.4 Å². The van der Waals surface area contributed by atoms with Crippen molar-refractivity contribution in [2.75, 3.05) is 9.80 Å². The van der Waals surface area contributed by atoms with Gasteiger partial charge in [-0.1, -0.05) is 188 Å². The van der Waals surface area contributed by atoms with Crippen LogP contribution < -0.4 is 14.5 Å². The minimum absolute atomic E-state index is 0.805. The fraction of sp³-hybridized carbons (Fsp3) is 0. The maximum atomic E-state index is 7.36. The van der Waals surface area contributed by atoms with Gasteiger partial charge in [0, 0.05) is 45.2 Å². The quantitative estimate of drug-likeness (QED) is 0.144. The van der Waals surface area contributed by atoms with Crippen LogP contribution in [0.5, 0.6) is 11.5 Å². The van der Waals surface area contributed by atoms with E-state index in [0.29, 0.717) is 0 Å². The number of nitrogens with zero attached hydrogens (tertiary/aromatic N) is 2. The Morgan fingerprint density at radius 2 is 0.738 bits per heavy atom. The van der Waals surface area contributed by atoms with Crippen LogP contribution in [-0.2, 0) is 0 Å². The van der Waals surface area contributed by atoms with Gasteiger partial charge >= 0.3 is 0 Å². The van der Waals surface area contributed by atoms with Crippen LogP contribution in [-0.4, -0.2) is 0 Å². The molecule has 0 aromatic heterocycles. The van der Waals surface area contributed by atoms with Gasteiger partial charge in [-0.2, -0.15) is 0 Å². The van der Waals surface area contributed by atoms with Gasteiger partial charge in [0.1, 0.15) is 5.75 Å². The molecular weight excluding hydrogens is 789 g/mol. The van der Waals surface area contributed by atoms with E-state index in [1.165, 1.54) is 38.8 Å². The van der Waals surface area contributed by atoms with Crippen LogP contribution in [0.15, 0.2) is 255 Å². The van der Waals surface area contributed by atoms with E-state index in [-0.39, 0.29) is 0 Å². The molecule has 3 heteroatoms. The van der Waals surface area contributed by atoms with Crippen molar-refractivity contribution >= 4 is 55.7 Å². The van der Waals surface area contributed by atoms with E-state index in [0.717, 1.165) is 72.9 Å². The second kappa shape index (κ2) is 16.2. The molecule has 0 aliphatic carbocycles. The van der Waals surface area contributed by atoms with Gasteiger partial charge in [-0.05, 0) is 110 Å². The first-order chi connectivity index (χ1) is 32.2. The molecule has 0 bridgehead atoms. The van der Waals surface area contributed by atoms with Crippen LogP contribution >= 0.6 is 0 Å². The molecule has 306 valence electrons. The summed E-state index contributed by atoms with van der Waals surface area (Å²) in [7, 11) is 0. The lowest BCUT2D eigenvalue weighted by atomic mass is 9.93. The fourth-order valence-corrected chi connectivity index (χ4v) is 9.46. The number of anilines is 6. The van der Waals surface area contributed by atoms with Crippen LogP contribution in [0, 0.1) is 0 Å². The van der Waals surface area contributed by atoms with Crippen LogP contribution in [0.4, 0.5) is 34.1 Å². The van der Waals surface area contributed by atoms with Crippen LogP contribution in [0.2, 0.25) is 0 Å². The van der Waals surface area contributed by atoms with E-state index in [4.69, 9.17) is 4.74 Å². The van der Waals surface area contributed by atoms with Crippen molar-refractivity contribution in [3.63, 3.8) is 0 Å². The van der Waals surface area contributed by atoms with Crippen molar-refractivity contribution in [1.82, 2.24) is 0 Å². The smallest absolute Gasteiger partial charge is 0.159 e. The zero-order valence-electron chi connectivity index (χ0n) is 35.6. The first-order valence-corrected chi connectivity index (χ1v) is 22.2. The van der Waals surface area contributed by atoms with Crippen molar-refractivity contribution in [3.05, 3.63) is 255 Å². The van der Waals surface area contributed by atoms with E-state index in [1.807, 2.05) is 0 Å². The molecule has 0 amide bonds. The molecule has 1 aliphatic rings. The van der Waals surface area contributed by atoms with Crippen LogP contribution in [0.3, 0.4) is 0 Å². The predicted octanol–water partition coefficient (Wildman–Crippen LogP) is 17.7. The molecule has 65 heavy (non-hydrogen) atoms. The second-order valence-electron chi connectivity index (χ2n) is 16.5. The van der Waals surface area contributed by atoms with E-state index in [1.54, 1.807) is 0 Å². The minimum atomic E-state index is 0.805. The Balaban J connectivity index is 1.01. The van der Waals surface area contributed by atoms with Crippen molar-refractivity contribution < 1.29 is 4.74 Å². The third-order valence-electron chi connectivity index (χ3n) is 12.6. The summed E-state index contributed by atoms with van der Waals surface area (Å²) in [6.07, 6.45) is 0. The summed E-state index contributed by atoms with van der Waals surface area (Å²) in [6.45, 7) is 0. The molecule has 0 saturated carbocycles. The van der Waals surface area contributed by atoms with E-state index >= 15 is 0 Å². The van der Waals surface area contributed by atoms with Gasteiger partial charge in [-0.15, -0.1) is 0 Å². The maximum Gasteiger partial charge on any atom is 0.159 e. The molecule has 12 rings (SSSR count). The Morgan fingerprint density at radius 1 is 0.277 bits per heavy atom. The minimum Gasteiger partial charge on any atom is -0.454 e. The van der Waals surface area contributed by atoms with Gasteiger partial charge in [0.2, 0.25) is 0 Å². The number of hydrogen-bond donors (Lipinski definition) is 0. The Bertz CT molecular complexity index is 3390. The van der Waals surface area contributed by atoms with E-state index < -0.39 is 0 Å². The van der Waals surface area contributed by atoms with Crippen LogP contribution in [0.1, 0.15) is 0 Å². The number of hydrogen-bond acceptors (Lipinski definition) is 3. The molecule has 11 aromatic carbocycles. The maximum absolute atomic E-state index is 7.36. The molecule has 0 saturated heterocycles. The first-order valence-electron chi connectivity index (χ1n) is 22.2. The summed E-state index contributed by atoms with van der Waals surface area (Å²) in [6, 6.07) is 91.1. The largest absolute Gasteiger partial charge is 0.454 e. The Morgan fingerprint density at radius 3 is 1.32 bits per heavy atom. The standard InChI is InChI=1S/C62H42N2O/c1-4-14-43(15-5-1)46-26-33-51(34-27-46)63(52-35-28-47(29-36-52)44-16-6-2-7-17-44)54-39-40-56-57-24-12-22-50-32-41-59(62(61(50)57)65-60(56)42-54)64(58-25-13-21-49-20-10-11-23-55(49)58)53-37-30-48(31-38-53)45-18-8-3-9-19-45/h1-42H. The molecule has 3 nitrogen and oxygen atoms in total.